The number of aliphatic hydroxyl groups excluding tert-OH is 1. The number of nitrogens with zero attached hydrogens (tertiary/aromatic N) is 5. The summed E-state index contributed by atoms with van der Waals surface area (Å²) in [6.07, 6.45) is 9.45. The highest BCUT2D eigenvalue weighted by Crippen LogP contribution is 2.34. The number of aliphatic hydroxyl groups is 1. The van der Waals surface area contributed by atoms with Crippen LogP contribution in [0.5, 0.6) is 0 Å². The summed E-state index contributed by atoms with van der Waals surface area (Å²) in [5.41, 5.74) is 6.41. The average molecular weight is 511 g/mol. The molecule has 1 aliphatic carbocycles. The lowest BCUT2D eigenvalue weighted by Gasteiger charge is -2.30. The molecule has 9 nitrogen and oxygen atoms in total. The number of carbonyl (C=O) groups is 1. The Morgan fingerprint density at radius 3 is 2.68 bits per heavy atom. The number of carbonyl (C=O) groups excluding carboxylic acids is 1. The molecule has 5 heterocycles. The van der Waals surface area contributed by atoms with Gasteiger partial charge in [-0.15, -0.1) is 0 Å². The van der Waals surface area contributed by atoms with E-state index in [0.29, 0.717) is 47.2 Å². The van der Waals surface area contributed by atoms with Crippen LogP contribution in [0.15, 0.2) is 53.7 Å². The summed E-state index contributed by atoms with van der Waals surface area (Å²) < 4.78 is 3.66. The van der Waals surface area contributed by atoms with Crippen LogP contribution in [0.3, 0.4) is 0 Å². The Morgan fingerprint density at radius 2 is 1.89 bits per heavy atom. The van der Waals surface area contributed by atoms with Gasteiger partial charge >= 0.3 is 0 Å². The van der Waals surface area contributed by atoms with E-state index in [2.05, 4.69) is 19.9 Å². The van der Waals surface area contributed by atoms with E-state index in [0.717, 1.165) is 36.8 Å². The third-order valence-electron chi connectivity index (χ3n) is 7.53. The fraction of sp³-hybridized carbons (Fsp3) is 0.310. The lowest BCUT2D eigenvalue weighted by Crippen LogP contribution is -2.41. The first kappa shape index (κ1) is 24.1. The van der Waals surface area contributed by atoms with Gasteiger partial charge in [0, 0.05) is 55.5 Å². The maximum atomic E-state index is 13.7. The van der Waals surface area contributed by atoms with Gasteiger partial charge < -0.3 is 19.6 Å². The molecule has 0 unspecified atom stereocenters. The molecule has 0 spiro atoms. The first-order valence-electron chi connectivity index (χ1n) is 13.0. The zero-order chi connectivity index (χ0) is 26.4. The molecule has 6 rings (SSSR count). The second kappa shape index (κ2) is 9.57. The van der Waals surface area contributed by atoms with E-state index in [9.17, 15) is 14.7 Å². The maximum Gasteiger partial charge on any atom is 0.276 e. The molecule has 0 aromatic carbocycles. The van der Waals surface area contributed by atoms with E-state index in [1.807, 2.05) is 25.1 Å². The van der Waals surface area contributed by atoms with E-state index in [4.69, 9.17) is 0 Å². The van der Waals surface area contributed by atoms with E-state index < -0.39 is 0 Å². The number of anilines is 3. The van der Waals surface area contributed by atoms with Gasteiger partial charge in [0.15, 0.2) is 0 Å². The van der Waals surface area contributed by atoms with E-state index in [1.54, 1.807) is 42.7 Å². The maximum absolute atomic E-state index is 13.7. The molecule has 0 bridgehead atoms. The highest BCUT2D eigenvalue weighted by Gasteiger charge is 2.32. The van der Waals surface area contributed by atoms with Crippen molar-refractivity contribution >= 4 is 23.2 Å². The quantitative estimate of drug-likeness (QED) is 0.424. The molecule has 0 saturated heterocycles. The number of amides is 1. The lowest BCUT2D eigenvalue weighted by molar-refractivity contribution is 0.0963. The molecule has 0 saturated carbocycles. The number of rotatable bonds is 5. The van der Waals surface area contributed by atoms with Crippen molar-refractivity contribution < 1.29 is 9.90 Å². The van der Waals surface area contributed by atoms with Gasteiger partial charge in [0.05, 0.1) is 6.61 Å². The van der Waals surface area contributed by atoms with Crippen molar-refractivity contribution in [3.8, 4) is 11.1 Å². The van der Waals surface area contributed by atoms with Crippen molar-refractivity contribution in [2.24, 2.45) is 7.05 Å². The van der Waals surface area contributed by atoms with Gasteiger partial charge in [0.25, 0.3) is 11.5 Å². The monoisotopic (exact) mass is 510 g/mol. The molecule has 2 N–H and O–H groups in total. The second-order valence-corrected chi connectivity index (χ2v) is 10.0. The standard InChI is InChI=1S/C29H30N6O3/c1-18-7-8-26(31-15-18)32-23-13-20(16-33(2)28(23)37)21-9-10-30-27(22(21)17-36)35-12-11-34-24-6-4-3-5-19(24)14-25(34)29(35)38/h7-10,13-16,36H,3-6,11-12,17H2,1-2H3,(H,31,32). The number of fused-ring (bicyclic) bond motifs is 3. The molecular weight excluding hydrogens is 480 g/mol. The van der Waals surface area contributed by atoms with Crippen molar-refractivity contribution in [2.45, 2.75) is 45.8 Å². The van der Waals surface area contributed by atoms with Crippen molar-refractivity contribution in [1.82, 2.24) is 19.1 Å². The molecule has 0 radical (unpaired) electrons. The molecule has 4 aromatic heterocycles. The van der Waals surface area contributed by atoms with Crippen LogP contribution in [0, 0.1) is 6.92 Å². The molecule has 194 valence electrons. The summed E-state index contributed by atoms with van der Waals surface area (Å²) in [5.74, 6) is 0.912. The van der Waals surface area contributed by atoms with Crippen LogP contribution < -0.4 is 15.8 Å². The summed E-state index contributed by atoms with van der Waals surface area (Å²) >= 11 is 0. The van der Waals surface area contributed by atoms with E-state index in [-0.39, 0.29) is 18.1 Å². The van der Waals surface area contributed by atoms with Gasteiger partial charge in [-0.2, -0.15) is 0 Å². The SMILES string of the molecule is Cc1ccc(Nc2cc(-c3ccnc(N4CCn5c(cc6c5CCCC6)C4=O)c3CO)cn(C)c2=O)nc1. The average Bonchev–Trinajstić information content (AvgIpc) is 3.32. The van der Waals surface area contributed by atoms with E-state index >= 15 is 0 Å². The summed E-state index contributed by atoms with van der Waals surface area (Å²) in [7, 11) is 1.68. The molecule has 38 heavy (non-hydrogen) atoms. The second-order valence-electron chi connectivity index (χ2n) is 10.0. The van der Waals surface area contributed by atoms with Gasteiger partial charge in [-0.1, -0.05) is 6.07 Å². The smallest absolute Gasteiger partial charge is 0.276 e. The van der Waals surface area contributed by atoms with Crippen molar-refractivity contribution in [2.75, 3.05) is 16.8 Å². The van der Waals surface area contributed by atoms with Gasteiger partial charge in [0.1, 0.15) is 23.0 Å². The van der Waals surface area contributed by atoms with Gasteiger partial charge in [-0.3, -0.25) is 14.5 Å². The van der Waals surface area contributed by atoms with Crippen LogP contribution in [0.25, 0.3) is 11.1 Å². The number of pyridine rings is 3. The third kappa shape index (κ3) is 4.09. The van der Waals surface area contributed by atoms with E-state index in [1.165, 1.54) is 15.8 Å². The fourth-order valence-corrected chi connectivity index (χ4v) is 5.61. The Balaban J connectivity index is 1.39. The molecule has 2 aliphatic rings. The Morgan fingerprint density at radius 1 is 1.05 bits per heavy atom. The third-order valence-corrected chi connectivity index (χ3v) is 7.53. The predicted octanol–water partition coefficient (Wildman–Crippen LogP) is 3.73. The summed E-state index contributed by atoms with van der Waals surface area (Å²) in [5, 5.41) is 13.6. The first-order valence-corrected chi connectivity index (χ1v) is 13.0. The minimum absolute atomic E-state index is 0.0988. The minimum atomic E-state index is -0.301. The number of hydrogen-bond donors (Lipinski definition) is 2. The molecule has 9 heteroatoms. The predicted molar refractivity (Wildman–Crippen MR) is 146 cm³/mol. The highest BCUT2D eigenvalue weighted by atomic mass is 16.3. The van der Waals surface area contributed by atoms with Crippen LogP contribution in [-0.2, 0) is 33.0 Å². The van der Waals surface area contributed by atoms with Gasteiger partial charge in [-0.25, -0.2) is 9.97 Å². The Labute approximate surface area is 220 Å². The number of aromatic nitrogens is 4. The number of nitrogens with one attached hydrogen (secondary N) is 1. The summed E-state index contributed by atoms with van der Waals surface area (Å²) in [6, 6.07) is 9.33. The molecule has 0 fully saturated rings. The largest absolute Gasteiger partial charge is 0.392 e. The summed E-state index contributed by atoms with van der Waals surface area (Å²) in [4.78, 5) is 37.1. The van der Waals surface area contributed by atoms with Crippen molar-refractivity contribution in [3.05, 3.63) is 87.4 Å². The topological polar surface area (TPSA) is 105 Å². The minimum Gasteiger partial charge on any atom is -0.392 e. The molecule has 0 atom stereocenters. The lowest BCUT2D eigenvalue weighted by atomic mass is 9.98. The van der Waals surface area contributed by atoms with Crippen LogP contribution in [0.2, 0.25) is 0 Å². The summed E-state index contributed by atoms with van der Waals surface area (Å²) in [6.45, 7) is 2.83. The zero-order valence-electron chi connectivity index (χ0n) is 21.6. The number of hydrogen-bond acceptors (Lipinski definition) is 6. The molecule has 1 amide bonds. The first-order chi connectivity index (χ1) is 18.4. The normalized spacial score (nSPS) is 14.8. The van der Waals surface area contributed by atoms with Crippen molar-refractivity contribution in [3.63, 3.8) is 0 Å². The Kier molecular flexibility index (Phi) is 6.07. The fourth-order valence-electron chi connectivity index (χ4n) is 5.61. The molecule has 4 aromatic rings. The van der Waals surface area contributed by atoms with Crippen LogP contribution in [0.4, 0.5) is 17.3 Å². The van der Waals surface area contributed by atoms with Gasteiger partial charge in [0.2, 0.25) is 0 Å². The zero-order valence-corrected chi connectivity index (χ0v) is 21.6. The van der Waals surface area contributed by atoms with Crippen molar-refractivity contribution in [1.29, 1.82) is 0 Å². The van der Waals surface area contributed by atoms with Crippen LogP contribution >= 0.6 is 0 Å². The molecule has 1 aliphatic heterocycles. The molecular formula is C29H30N6O3. The Bertz CT molecular complexity index is 1600. The van der Waals surface area contributed by atoms with Gasteiger partial charge in [-0.05, 0) is 73.6 Å². The van der Waals surface area contributed by atoms with Crippen LogP contribution in [-0.4, -0.2) is 36.7 Å². The highest BCUT2D eigenvalue weighted by molar-refractivity contribution is 6.06. The number of aryl methyl sites for hydroxylation is 3. The van der Waals surface area contributed by atoms with Crippen LogP contribution in [0.1, 0.15) is 45.7 Å². The Hall–Kier alpha value is -4.24.